The van der Waals surface area contributed by atoms with Gasteiger partial charge in [0.1, 0.15) is 5.82 Å². The number of nitrogens with one attached hydrogen (secondary N) is 1. The molecule has 0 saturated heterocycles. The van der Waals surface area contributed by atoms with E-state index >= 15 is 0 Å². The average Bonchev–Trinajstić information content (AvgIpc) is 2.42. The summed E-state index contributed by atoms with van der Waals surface area (Å²) in [6, 6.07) is 10.8. The van der Waals surface area contributed by atoms with Crippen molar-refractivity contribution < 1.29 is 9.18 Å². The van der Waals surface area contributed by atoms with Crippen LogP contribution in [0, 0.1) is 5.82 Å². The van der Waals surface area contributed by atoms with Crippen LogP contribution in [0.2, 0.25) is 10.0 Å². The molecule has 0 heterocycles. The summed E-state index contributed by atoms with van der Waals surface area (Å²) >= 11 is 11.7. The number of hydrogen-bond donors (Lipinski definition) is 1. The van der Waals surface area contributed by atoms with Gasteiger partial charge in [-0.1, -0.05) is 41.4 Å². The van der Waals surface area contributed by atoms with Crippen molar-refractivity contribution in [3.63, 3.8) is 0 Å². The lowest BCUT2D eigenvalue weighted by Gasteiger charge is -2.02. The highest BCUT2D eigenvalue weighted by molar-refractivity contribution is 6.34. The lowest BCUT2D eigenvalue weighted by molar-refractivity contribution is 0.0955. The van der Waals surface area contributed by atoms with Gasteiger partial charge in [0.05, 0.1) is 21.8 Å². The minimum Gasteiger partial charge on any atom is -0.267 e. The summed E-state index contributed by atoms with van der Waals surface area (Å²) in [6.07, 6.45) is 1.15. The summed E-state index contributed by atoms with van der Waals surface area (Å²) in [5, 5.41) is 4.19. The van der Waals surface area contributed by atoms with E-state index in [0.717, 1.165) is 6.21 Å². The van der Waals surface area contributed by atoms with Crippen molar-refractivity contribution in [2.45, 2.75) is 0 Å². The molecule has 6 heteroatoms. The fraction of sp³-hybridized carbons (Fsp3) is 0. The Hall–Kier alpha value is -1.91. The molecule has 0 unspecified atom stereocenters. The summed E-state index contributed by atoms with van der Waals surface area (Å²) < 4.78 is 13.5. The topological polar surface area (TPSA) is 41.5 Å². The van der Waals surface area contributed by atoms with Gasteiger partial charge in [-0.3, -0.25) is 4.79 Å². The van der Waals surface area contributed by atoms with Crippen molar-refractivity contribution in [2.75, 3.05) is 0 Å². The molecule has 0 saturated carbocycles. The van der Waals surface area contributed by atoms with E-state index in [9.17, 15) is 9.18 Å². The van der Waals surface area contributed by atoms with Crippen LogP contribution in [-0.2, 0) is 0 Å². The van der Waals surface area contributed by atoms with E-state index in [1.807, 2.05) is 0 Å². The van der Waals surface area contributed by atoms with Crippen LogP contribution in [-0.4, -0.2) is 12.1 Å². The Morgan fingerprint density at radius 3 is 2.50 bits per heavy atom. The smallest absolute Gasteiger partial charge is 0.267 e. The number of halogens is 3. The normalized spacial score (nSPS) is 10.8. The second kappa shape index (κ2) is 6.50. The van der Waals surface area contributed by atoms with Crippen molar-refractivity contribution >= 4 is 35.3 Å². The highest BCUT2D eigenvalue weighted by Crippen LogP contribution is 2.17. The molecule has 2 rings (SSSR count). The van der Waals surface area contributed by atoms with E-state index in [-0.39, 0.29) is 16.1 Å². The van der Waals surface area contributed by atoms with E-state index in [2.05, 4.69) is 10.5 Å². The summed E-state index contributed by atoms with van der Waals surface area (Å²) in [6.45, 7) is 0. The summed E-state index contributed by atoms with van der Waals surface area (Å²) in [5.74, 6) is -1.01. The number of hydrazone groups is 1. The van der Waals surface area contributed by atoms with Crippen molar-refractivity contribution in [3.05, 3.63) is 69.5 Å². The van der Waals surface area contributed by atoms with Crippen LogP contribution in [0.1, 0.15) is 15.9 Å². The first-order valence-corrected chi connectivity index (χ1v) is 6.37. The largest absolute Gasteiger partial charge is 0.272 e. The van der Waals surface area contributed by atoms with Gasteiger partial charge in [0, 0.05) is 5.56 Å². The Bertz CT molecular complexity index is 654. The third-order valence-corrected chi connectivity index (χ3v) is 3.14. The first kappa shape index (κ1) is 14.5. The van der Waals surface area contributed by atoms with Gasteiger partial charge in [-0.25, -0.2) is 9.82 Å². The molecule has 0 aliphatic heterocycles. The molecule has 3 nitrogen and oxygen atoms in total. The Balaban J connectivity index is 2.11. The number of amides is 1. The highest BCUT2D eigenvalue weighted by Gasteiger charge is 2.08. The fourth-order valence-electron chi connectivity index (χ4n) is 1.50. The number of hydrogen-bond acceptors (Lipinski definition) is 2. The predicted molar refractivity (Wildman–Crippen MR) is 77.9 cm³/mol. The monoisotopic (exact) mass is 310 g/mol. The van der Waals surface area contributed by atoms with Crippen LogP contribution < -0.4 is 5.43 Å². The van der Waals surface area contributed by atoms with Crippen LogP contribution >= 0.6 is 23.2 Å². The second-order valence-corrected chi connectivity index (χ2v) is 4.63. The molecule has 0 aliphatic rings. The van der Waals surface area contributed by atoms with E-state index in [1.165, 1.54) is 18.2 Å². The van der Waals surface area contributed by atoms with Crippen LogP contribution in [0.15, 0.2) is 47.6 Å². The summed E-state index contributed by atoms with van der Waals surface area (Å²) in [7, 11) is 0. The fourth-order valence-corrected chi connectivity index (χ4v) is 1.93. The van der Waals surface area contributed by atoms with Gasteiger partial charge in [-0.2, -0.15) is 5.10 Å². The van der Waals surface area contributed by atoms with Crippen molar-refractivity contribution in [1.82, 2.24) is 5.43 Å². The molecular formula is C14H9Cl2FN2O. The van der Waals surface area contributed by atoms with Crippen LogP contribution in [0.3, 0.4) is 0 Å². The molecule has 1 amide bonds. The predicted octanol–water partition coefficient (Wildman–Crippen LogP) is 3.90. The first-order chi connectivity index (χ1) is 9.59. The molecule has 0 atom stereocenters. The molecule has 0 radical (unpaired) electrons. The van der Waals surface area contributed by atoms with Crippen molar-refractivity contribution in [2.24, 2.45) is 5.10 Å². The Labute approximate surface area is 125 Å². The minimum absolute atomic E-state index is 0.105. The molecule has 0 bridgehead atoms. The third-order valence-electron chi connectivity index (χ3n) is 2.48. The van der Waals surface area contributed by atoms with E-state index in [4.69, 9.17) is 23.2 Å². The van der Waals surface area contributed by atoms with E-state index in [0.29, 0.717) is 5.02 Å². The number of carbonyl (C=O) groups excluding carboxylic acids is 1. The van der Waals surface area contributed by atoms with E-state index in [1.54, 1.807) is 24.3 Å². The van der Waals surface area contributed by atoms with Gasteiger partial charge in [-0.15, -0.1) is 0 Å². The van der Waals surface area contributed by atoms with Crippen LogP contribution in [0.25, 0.3) is 0 Å². The molecule has 0 aromatic heterocycles. The third kappa shape index (κ3) is 3.35. The zero-order valence-corrected chi connectivity index (χ0v) is 11.6. The zero-order valence-electron chi connectivity index (χ0n) is 10.1. The maximum Gasteiger partial charge on any atom is 0.272 e. The van der Waals surface area contributed by atoms with Gasteiger partial charge in [0.15, 0.2) is 0 Å². The first-order valence-electron chi connectivity index (χ1n) is 5.61. The van der Waals surface area contributed by atoms with Gasteiger partial charge in [-0.05, 0) is 24.3 Å². The Morgan fingerprint density at radius 1 is 1.10 bits per heavy atom. The molecular weight excluding hydrogens is 302 g/mol. The van der Waals surface area contributed by atoms with Gasteiger partial charge < -0.3 is 0 Å². The maximum atomic E-state index is 13.5. The van der Waals surface area contributed by atoms with Gasteiger partial charge in [0.2, 0.25) is 0 Å². The molecule has 1 N–H and O–H groups in total. The molecule has 20 heavy (non-hydrogen) atoms. The lowest BCUT2D eigenvalue weighted by Crippen LogP contribution is -2.18. The van der Waals surface area contributed by atoms with Gasteiger partial charge in [0.25, 0.3) is 5.91 Å². The summed E-state index contributed by atoms with van der Waals surface area (Å²) in [4.78, 5) is 11.8. The number of rotatable bonds is 3. The Kier molecular flexibility index (Phi) is 4.71. The molecule has 2 aromatic rings. The average molecular weight is 311 g/mol. The highest BCUT2D eigenvalue weighted by atomic mass is 35.5. The van der Waals surface area contributed by atoms with Crippen molar-refractivity contribution in [3.8, 4) is 0 Å². The minimum atomic E-state index is -0.520. The van der Waals surface area contributed by atoms with Crippen LogP contribution in [0.5, 0.6) is 0 Å². The molecule has 102 valence electrons. The van der Waals surface area contributed by atoms with E-state index < -0.39 is 11.7 Å². The van der Waals surface area contributed by atoms with Crippen molar-refractivity contribution in [1.29, 1.82) is 0 Å². The summed E-state index contributed by atoms with van der Waals surface area (Å²) in [5.41, 5.74) is 2.65. The lowest BCUT2D eigenvalue weighted by atomic mass is 10.2. The quantitative estimate of drug-likeness (QED) is 0.678. The maximum absolute atomic E-state index is 13.5. The molecule has 0 spiro atoms. The number of carbonyl (C=O) groups is 1. The van der Waals surface area contributed by atoms with Crippen LogP contribution in [0.4, 0.5) is 4.39 Å². The second-order valence-electron chi connectivity index (χ2n) is 3.81. The zero-order chi connectivity index (χ0) is 14.5. The Morgan fingerprint density at radius 2 is 1.80 bits per heavy atom. The SMILES string of the molecule is O=C(N/N=C\c1c(F)cccc1Cl)c1ccccc1Cl. The molecule has 2 aromatic carbocycles. The number of benzene rings is 2. The standard InChI is InChI=1S/C14H9Cl2FN2O/c15-11-5-2-1-4-9(11)14(20)19-18-8-10-12(16)6-3-7-13(10)17/h1-8H,(H,19,20)/b18-8-. The number of nitrogens with zero attached hydrogens (tertiary/aromatic N) is 1. The molecule has 0 aliphatic carbocycles. The molecule has 0 fully saturated rings. The van der Waals surface area contributed by atoms with Gasteiger partial charge >= 0.3 is 0 Å².